The Hall–Kier alpha value is -1.49. The molecule has 1 saturated carbocycles. The number of aliphatic imine (C=N–C) groups is 1. The summed E-state index contributed by atoms with van der Waals surface area (Å²) in [4.78, 5) is 4.34. The summed E-state index contributed by atoms with van der Waals surface area (Å²) in [5.41, 5.74) is 2.41. The predicted octanol–water partition coefficient (Wildman–Crippen LogP) is 4.39. The van der Waals surface area contributed by atoms with Gasteiger partial charge in [-0.3, -0.25) is 4.99 Å². The summed E-state index contributed by atoms with van der Waals surface area (Å²) in [5.74, 6) is 2.89. The van der Waals surface area contributed by atoms with E-state index in [2.05, 4.69) is 61.8 Å². The lowest BCUT2D eigenvalue weighted by molar-refractivity contribution is 0.411. The summed E-state index contributed by atoms with van der Waals surface area (Å²) in [6.07, 6.45) is 10.1. The lowest BCUT2D eigenvalue weighted by Crippen LogP contribution is -2.38. The molecule has 178 valence electrons. The number of methoxy groups -OCH3 is 1. The molecule has 2 aromatic rings. The fourth-order valence-corrected chi connectivity index (χ4v) is 4.74. The van der Waals surface area contributed by atoms with Crippen molar-refractivity contribution < 1.29 is 4.74 Å². The Kier molecular flexibility index (Phi) is 11.6. The average Bonchev–Trinajstić information content (AvgIpc) is 3.45. The van der Waals surface area contributed by atoms with Crippen molar-refractivity contribution in [2.75, 3.05) is 33.5 Å². The molecule has 0 unspecified atom stereocenters. The molecule has 0 spiro atoms. The maximum Gasteiger partial charge on any atom is 0.191 e. The molecular weight excluding hydrogens is 535 g/mol. The highest BCUT2D eigenvalue weighted by Gasteiger charge is 2.23. The van der Waals surface area contributed by atoms with Crippen LogP contribution in [0.1, 0.15) is 55.1 Å². The van der Waals surface area contributed by atoms with Crippen molar-refractivity contribution in [3.63, 3.8) is 0 Å². The van der Waals surface area contributed by atoms with Crippen molar-refractivity contribution >= 4 is 41.7 Å². The van der Waals surface area contributed by atoms with Crippen LogP contribution in [0.25, 0.3) is 0 Å². The van der Waals surface area contributed by atoms with Gasteiger partial charge in [-0.15, -0.1) is 34.2 Å². The van der Waals surface area contributed by atoms with Gasteiger partial charge < -0.3 is 19.9 Å². The maximum absolute atomic E-state index is 5.42. The molecule has 1 heterocycles. The van der Waals surface area contributed by atoms with E-state index in [1.165, 1.54) is 31.2 Å². The molecule has 3 rings (SSSR count). The van der Waals surface area contributed by atoms with Crippen molar-refractivity contribution in [1.29, 1.82) is 0 Å². The summed E-state index contributed by atoms with van der Waals surface area (Å²) in [5, 5.41) is 16.8. The molecule has 1 aromatic heterocycles. The molecule has 0 atom stereocenters. The summed E-state index contributed by atoms with van der Waals surface area (Å²) in [6, 6.07) is 6.94. The van der Waals surface area contributed by atoms with E-state index in [9.17, 15) is 0 Å². The van der Waals surface area contributed by atoms with Gasteiger partial charge in [0.25, 0.3) is 0 Å². The largest absolute Gasteiger partial charge is 0.496 e. The Morgan fingerprint density at radius 3 is 2.62 bits per heavy atom. The van der Waals surface area contributed by atoms with Crippen LogP contribution >= 0.6 is 35.7 Å². The number of halogens is 1. The fourth-order valence-electron chi connectivity index (χ4n) is 4.17. The summed E-state index contributed by atoms with van der Waals surface area (Å²) < 4.78 is 7.81. The minimum atomic E-state index is 0. The number of nitrogens with zero attached hydrogens (tertiary/aromatic N) is 4. The van der Waals surface area contributed by atoms with Crippen molar-refractivity contribution in [3.8, 4) is 5.75 Å². The first-order valence-electron chi connectivity index (χ1n) is 11.2. The quantitative estimate of drug-likeness (QED) is 0.145. The second-order valence-corrected chi connectivity index (χ2v) is 8.77. The summed E-state index contributed by atoms with van der Waals surface area (Å²) in [7, 11) is 3.53. The predicted molar refractivity (Wildman–Crippen MR) is 144 cm³/mol. The molecule has 0 saturated heterocycles. The van der Waals surface area contributed by atoms with E-state index in [-0.39, 0.29) is 24.0 Å². The van der Waals surface area contributed by atoms with Crippen molar-refractivity contribution in [2.24, 2.45) is 4.99 Å². The van der Waals surface area contributed by atoms with Crippen LogP contribution in [0.3, 0.4) is 0 Å². The number of aromatic nitrogens is 3. The molecule has 1 fully saturated rings. The van der Waals surface area contributed by atoms with Crippen LogP contribution in [-0.2, 0) is 12.8 Å². The van der Waals surface area contributed by atoms with E-state index in [0.29, 0.717) is 6.04 Å². The number of ether oxygens (including phenoxy) is 1. The standard InChI is InChI=1S/C23H36N6OS.HI/c1-17-11-12-18(16-20(17)30-3)13-15-26-22(24-2)25-14-7-10-21-27-28-23(31-4)29(21)19-8-5-6-9-19;/h11-12,16,19H,5-10,13-15H2,1-4H3,(H2,24,25,26);1H. The number of guanidine groups is 1. The fraction of sp³-hybridized carbons (Fsp3) is 0.609. The van der Waals surface area contributed by atoms with Gasteiger partial charge in [0.15, 0.2) is 11.1 Å². The van der Waals surface area contributed by atoms with Crippen molar-refractivity contribution in [2.45, 2.75) is 63.1 Å². The molecule has 1 aromatic carbocycles. The van der Waals surface area contributed by atoms with Gasteiger partial charge in [0.2, 0.25) is 0 Å². The first-order valence-corrected chi connectivity index (χ1v) is 12.4. The highest BCUT2D eigenvalue weighted by atomic mass is 127. The Balaban J connectivity index is 0.00000363. The SMILES string of the molecule is CN=C(NCCCc1nnc(SC)n1C1CCCC1)NCCc1ccc(C)c(OC)c1.I. The zero-order chi connectivity index (χ0) is 22.1. The highest BCUT2D eigenvalue weighted by molar-refractivity contribution is 14.0. The van der Waals surface area contributed by atoms with Crippen molar-refractivity contribution in [1.82, 2.24) is 25.4 Å². The molecule has 32 heavy (non-hydrogen) atoms. The number of thioether (sulfide) groups is 1. The van der Waals surface area contributed by atoms with Crippen LogP contribution < -0.4 is 15.4 Å². The molecule has 7 nitrogen and oxygen atoms in total. The normalized spacial score (nSPS) is 14.3. The number of hydrogen-bond acceptors (Lipinski definition) is 5. The smallest absolute Gasteiger partial charge is 0.191 e. The molecule has 0 radical (unpaired) electrons. The van der Waals surface area contributed by atoms with Crippen LogP contribution in [0.2, 0.25) is 0 Å². The van der Waals surface area contributed by atoms with Crippen LogP contribution in [0.4, 0.5) is 0 Å². The lowest BCUT2D eigenvalue weighted by atomic mass is 10.1. The molecule has 0 bridgehead atoms. The number of rotatable bonds is 10. The van der Waals surface area contributed by atoms with Gasteiger partial charge in [-0.25, -0.2) is 0 Å². The van der Waals surface area contributed by atoms with Gasteiger partial charge in [0.05, 0.1) is 7.11 Å². The molecular formula is C23H37IN6OS. The Morgan fingerprint density at radius 1 is 1.19 bits per heavy atom. The minimum Gasteiger partial charge on any atom is -0.496 e. The first kappa shape index (κ1) is 26.8. The second-order valence-electron chi connectivity index (χ2n) is 7.99. The zero-order valence-electron chi connectivity index (χ0n) is 19.7. The maximum atomic E-state index is 5.42. The summed E-state index contributed by atoms with van der Waals surface area (Å²) in [6.45, 7) is 3.73. The third-order valence-electron chi connectivity index (χ3n) is 5.88. The van der Waals surface area contributed by atoms with Gasteiger partial charge in [-0.1, -0.05) is 36.7 Å². The highest BCUT2D eigenvalue weighted by Crippen LogP contribution is 2.33. The molecule has 0 aliphatic heterocycles. The van der Waals surface area contributed by atoms with Crippen LogP contribution in [0.5, 0.6) is 5.75 Å². The summed E-state index contributed by atoms with van der Waals surface area (Å²) >= 11 is 1.70. The topological polar surface area (TPSA) is 76.4 Å². The van der Waals surface area contributed by atoms with Gasteiger partial charge in [-0.2, -0.15) is 0 Å². The Labute approximate surface area is 213 Å². The minimum absolute atomic E-state index is 0. The Morgan fingerprint density at radius 2 is 1.94 bits per heavy atom. The molecule has 1 aliphatic rings. The van der Waals surface area contributed by atoms with E-state index in [1.807, 2.05) is 7.05 Å². The van der Waals surface area contributed by atoms with E-state index < -0.39 is 0 Å². The van der Waals surface area contributed by atoms with Gasteiger partial charge in [0, 0.05) is 32.6 Å². The molecule has 0 amide bonds. The van der Waals surface area contributed by atoms with E-state index in [4.69, 9.17) is 4.74 Å². The first-order chi connectivity index (χ1) is 15.2. The Bertz CT molecular complexity index is 866. The van der Waals surface area contributed by atoms with Crippen LogP contribution in [-0.4, -0.2) is 54.2 Å². The third-order valence-corrected chi connectivity index (χ3v) is 6.52. The van der Waals surface area contributed by atoms with E-state index in [0.717, 1.165) is 60.6 Å². The monoisotopic (exact) mass is 572 g/mol. The van der Waals surface area contributed by atoms with Gasteiger partial charge >= 0.3 is 0 Å². The number of nitrogens with one attached hydrogen (secondary N) is 2. The lowest BCUT2D eigenvalue weighted by Gasteiger charge is -2.16. The van der Waals surface area contributed by atoms with Gasteiger partial charge in [0.1, 0.15) is 11.6 Å². The number of hydrogen-bond donors (Lipinski definition) is 2. The molecule has 1 aliphatic carbocycles. The second kappa shape index (κ2) is 13.9. The number of benzene rings is 1. The van der Waals surface area contributed by atoms with Crippen LogP contribution in [0.15, 0.2) is 28.3 Å². The van der Waals surface area contributed by atoms with E-state index >= 15 is 0 Å². The zero-order valence-corrected chi connectivity index (χ0v) is 22.8. The van der Waals surface area contributed by atoms with Gasteiger partial charge in [-0.05, 0) is 56.1 Å². The molecule has 2 N–H and O–H groups in total. The third kappa shape index (κ3) is 7.26. The average molecular weight is 573 g/mol. The van der Waals surface area contributed by atoms with Crippen molar-refractivity contribution in [3.05, 3.63) is 35.2 Å². The van der Waals surface area contributed by atoms with Crippen LogP contribution in [0, 0.1) is 6.92 Å². The van der Waals surface area contributed by atoms with E-state index in [1.54, 1.807) is 18.9 Å². The number of aryl methyl sites for hydroxylation is 2. The molecule has 9 heteroatoms.